The molecule has 0 aliphatic heterocycles. The zero-order valence-corrected chi connectivity index (χ0v) is 14.2. The molecule has 5 heteroatoms. The molecule has 0 fully saturated rings. The highest BCUT2D eigenvalue weighted by atomic mass is 35.5. The van der Waals surface area contributed by atoms with E-state index in [1.165, 1.54) is 6.08 Å². The molecule has 0 aliphatic rings. The van der Waals surface area contributed by atoms with E-state index in [-0.39, 0.29) is 11.7 Å². The van der Waals surface area contributed by atoms with Gasteiger partial charge in [0.1, 0.15) is 17.4 Å². The maximum absolute atomic E-state index is 12.3. The van der Waals surface area contributed by atoms with Crippen LogP contribution in [0.3, 0.4) is 0 Å². The van der Waals surface area contributed by atoms with Gasteiger partial charge in [-0.1, -0.05) is 29.8 Å². The number of nitriles is 1. The number of nitrogens with one attached hydrogen (secondary N) is 1. The van der Waals surface area contributed by atoms with Gasteiger partial charge < -0.3 is 10.1 Å². The molecule has 2 aromatic carbocycles. The van der Waals surface area contributed by atoms with Gasteiger partial charge in [-0.2, -0.15) is 5.26 Å². The Labute approximate surface area is 146 Å². The number of carbonyl (C=O) groups is 1. The molecule has 0 heterocycles. The molecule has 2 rings (SSSR count). The van der Waals surface area contributed by atoms with Crippen LogP contribution in [0.1, 0.15) is 19.4 Å². The van der Waals surface area contributed by atoms with Crippen molar-refractivity contribution in [2.24, 2.45) is 0 Å². The summed E-state index contributed by atoms with van der Waals surface area (Å²) in [4.78, 5) is 12.3. The molecule has 0 radical (unpaired) electrons. The van der Waals surface area contributed by atoms with Gasteiger partial charge in [-0.05, 0) is 49.8 Å². The van der Waals surface area contributed by atoms with Gasteiger partial charge in [-0.3, -0.25) is 4.79 Å². The Bertz CT molecular complexity index is 807. The van der Waals surface area contributed by atoms with Crippen LogP contribution in [0.15, 0.2) is 54.1 Å². The van der Waals surface area contributed by atoms with E-state index >= 15 is 0 Å². The van der Waals surface area contributed by atoms with Gasteiger partial charge in [0.2, 0.25) is 0 Å². The summed E-state index contributed by atoms with van der Waals surface area (Å²) in [5.74, 6) is 0.166. The van der Waals surface area contributed by atoms with E-state index in [2.05, 4.69) is 5.32 Å². The molecule has 0 spiro atoms. The fraction of sp³-hybridized carbons (Fsp3) is 0.158. The third-order valence-corrected chi connectivity index (χ3v) is 3.22. The first kappa shape index (κ1) is 17.6. The Morgan fingerprint density at radius 3 is 2.67 bits per heavy atom. The predicted molar refractivity (Wildman–Crippen MR) is 95.9 cm³/mol. The normalized spacial score (nSPS) is 11.0. The van der Waals surface area contributed by atoms with Gasteiger partial charge in [0.15, 0.2) is 0 Å². The molecule has 24 heavy (non-hydrogen) atoms. The molecule has 0 bridgehead atoms. The third-order valence-electron chi connectivity index (χ3n) is 2.99. The standard InChI is InChI=1S/C19H17ClN2O2/c1-13(2)24-18-8-4-7-17(11-18)22-19(23)15(12-21)9-14-5-3-6-16(20)10-14/h3-11,13H,1-2H3,(H,22,23)/b15-9-. The Balaban J connectivity index is 2.17. The smallest absolute Gasteiger partial charge is 0.266 e. The monoisotopic (exact) mass is 340 g/mol. The second-order valence-corrected chi connectivity index (χ2v) is 5.81. The van der Waals surface area contributed by atoms with Crippen LogP contribution >= 0.6 is 11.6 Å². The maximum Gasteiger partial charge on any atom is 0.266 e. The minimum atomic E-state index is -0.487. The Kier molecular flexibility index (Phi) is 6.00. The molecule has 0 unspecified atom stereocenters. The highest BCUT2D eigenvalue weighted by Crippen LogP contribution is 2.20. The maximum atomic E-state index is 12.3. The van der Waals surface area contributed by atoms with E-state index in [1.807, 2.05) is 26.0 Å². The van der Waals surface area contributed by atoms with Crippen molar-refractivity contribution in [2.45, 2.75) is 20.0 Å². The molecule has 122 valence electrons. The molecular formula is C19H17ClN2O2. The van der Waals surface area contributed by atoms with Crippen LogP contribution in [-0.4, -0.2) is 12.0 Å². The summed E-state index contributed by atoms with van der Waals surface area (Å²) in [6, 6.07) is 15.9. The number of carbonyl (C=O) groups excluding carboxylic acids is 1. The summed E-state index contributed by atoms with van der Waals surface area (Å²) in [6.45, 7) is 3.85. The molecule has 0 aromatic heterocycles. The number of hydrogen-bond donors (Lipinski definition) is 1. The van der Waals surface area contributed by atoms with Crippen molar-refractivity contribution in [2.75, 3.05) is 5.32 Å². The van der Waals surface area contributed by atoms with E-state index in [9.17, 15) is 10.1 Å². The van der Waals surface area contributed by atoms with Crippen molar-refractivity contribution < 1.29 is 9.53 Å². The van der Waals surface area contributed by atoms with Crippen LogP contribution in [0.5, 0.6) is 5.75 Å². The van der Waals surface area contributed by atoms with Crippen LogP contribution in [0.4, 0.5) is 5.69 Å². The van der Waals surface area contributed by atoms with Crippen LogP contribution in [-0.2, 0) is 4.79 Å². The summed E-state index contributed by atoms with van der Waals surface area (Å²) < 4.78 is 5.59. The van der Waals surface area contributed by atoms with E-state index in [0.29, 0.717) is 22.0 Å². The largest absolute Gasteiger partial charge is 0.491 e. The first-order valence-corrected chi connectivity index (χ1v) is 7.81. The average molecular weight is 341 g/mol. The lowest BCUT2D eigenvalue weighted by atomic mass is 10.1. The number of rotatable bonds is 5. The van der Waals surface area contributed by atoms with Gasteiger partial charge in [0, 0.05) is 16.8 Å². The summed E-state index contributed by atoms with van der Waals surface area (Å²) in [5, 5.41) is 12.5. The summed E-state index contributed by atoms with van der Waals surface area (Å²) in [5.41, 5.74) is 1.24. The van der Waals surface area contributed by atoms with Crippen LogP contribution in [0, 0.1) is 11.3 Å². The van der Waals surface area contributed by atoms with E-state index < -0.39 is 5.91 Å². The first-order valence-electron chi connectivity index (χ1n) is 7.43. The fourth-order valence-corrected chi connectivity index (χ4v) is 2.23. The van der Waals surface area contributed by atoms with Gasteiger partial charge in [-0.15, -0.1) is 0 Å². The number of ether oxygens (including phenoxy) is 1. The molecule has 0 aliphatic carbocycles. The molecular weight excluding hydrogens is 324 g/mol. The van der Waals surface area contributed by atoms with E-state index in [4.69, 9.17) is 16.3 Å². The van der Waals surface area contributed by atoms with E-state index in [0.717, 1.165) is 0 Å². The zero-order valence-electron chi connectivity index (χ0n) is 13.4. The molecule has 0 saturated heterocycles. The molecule has 4 nitrogen and oxygen atoms in total. The SMILES string of the molecule is CC(C)Oc1cccc(NC(=O)/C(C#N)=C\c2cccc(Cl)c2)c1. The number of hydrogen-bond acceptors (Lipinski definition) is 3. The number of nitrogens with zero attached hydrogens (tertiary/aromatic N) is 1. The zero-order chi connectivity index (χ0) is 17.5. The lowest BCUT2D eigenvalue weighted by molar-refractivity contribution is -0.112. The summed E-state index contributed by atoms with van der Waals surface area (Å²) >= 11 is 5.91. The first-order chi connectivity index (χ1) is 11.5. The van der Waals surface area contributed by atoms with E-state index in [1.54, 1.807) is 42.5 Å². The highest BCUT2D eigenvalue weighted by molar-refractivity contribution is 6.30. The highest BCUT2D eigenvalue weighted by Gasteiger charge is 2.10. The number of amides is 1. The summed E-state index contributed by atoms with van der Waals surface area (Å²) in [7, 11) is 0. The molecule has 1 amide bonds. The number of halogens is 1. The Morgan fingerprint density at radius 1 is 1.25 bits per heavy atom. The second kappa shape index (κ2) is 8.19. The predicted octanol–water partition coefficient (Wildman–Crippen LogP) is 4.67. The van der Waals surface area contributed by atoms with Crippen molar-refractivity contribution in [3.63, 3.8) is 0 Å². The van der Waals surface area contributed by atoms with Gasteiger partial charge in [-0.25, -0.2) is 0 Å². The minimum absolute atomic E-state index is 0.00699. The quantitative estimate of drug-likeness (QED) is 0.635. The van der Waals surface area contributed by atoms with Crippen molar-refractivity contribution in [1.29, 1.82) is 5.26 Å². The number of benzene rings is 2. The Hall–Kier alpha value is -2.77. The van der Waals surface area contributed by atoms with Crippen molar-refractivity contribution >= 4 is 29.3 Å². The lowest BCUT2D eigenvalue weighted by Crippen LogP contribution is -2.13. The molecule has 2 aromatic rings. The number of anilines is 1. The van der Waals surface area contributed by atoms with Crippen molar-refractivity contribution in [1.82, 2.24) is 0 Å². The van der Waals surface area contributed by atoms with Gasteiger partial charge in [0.25, 0.3) is 5.91 Å². The van der Waals surface area contributed by atoms with Gasteiger partial charge in [0.05, 0.1) is 6.10 Å². The topological polar surface area (TPSA) is 62.1 Å². The van der Waals surface area contributed by atoms with Crippen LogP contribution in [0.2, 0.25) is 5.02 Å². The average Bonchev–Trinajstić information content (AvgIpc) is 2.52. The molecule has 1 N–H and O–H groups in total. The second-order valence-electron chi connectivity index (χ2n) is 5.37. The minimum Gasteiger partial charge on any atom is -0.491 e. The van der Waals surface area contributed by atoms with Crippen molar-refractivity contribution in [3.05, 3.63) is 64.7 Å². The Morgan fingerprint density at radius 2 is 2.00 bits per heavy atom. The third kappa shape index (κ3) is 5.15. The van der Waals surface area contributed by atoms with Crippen LogP contribution < -0.4 is 10.1 Å². The molecule has 0 atom stereocenters. The molecule has 0 saturated carbocycles. The van der Waals surface area contributed by atoms with Crippen molar-refractivity contribution in [3.8, 4) is 11.8 Å². The van der Waals surface area contributed by atoms with Crippen LogP contribution in [0.25, 0.3) is 6.08 Å². The lowest BCUT2D eigenvalue weighted by Gasteiger charge is -2.11. The van der Waals surface area contributed by atoms with Gasteiger partial charge >= 0.3 is 0 Å². The fourth-order valence-electron chi connectivity index (χ4n) is 2.03. The summed E-state index contributed by atoms with van der Waals surface area (Å²) in [6.07, 6.45) is 1.53.